The molecule has 2 aromatic heterocycles. The van der Waals surface area contributed by atoms with Crippen LogP contribution in [-0.4, -0.2) is 31.6 Å². The minimum atomic E-state index is -0.860. The molecule has 2 aromatic rings. The van der Waals surface area contributed by atoms with E-state index in [9.17, 15) is 4.79 Å². The smallest absolute Gasteiger partial charge is 0.313 e. The van der Waals surface area contributed by atoms with E-state index >= 15 is 0 Å². The quantitative estimate of drug-likeness (QED) is 0.812. The molecule has 0 atom stereocenters. The molecule has 8 heteroatoms. The van der Waals surface area contributed by atoms with Crippen molar-refractivity contribution in [2.45, 2.75) is 30.8 Å². The summed E-state index contributed by atoms with van der Waals surface area (Å²) < 4.78 is 2.48. The third-order valence-electron chi connectivity index (χ3n) is 3.03. The highest BCUT2D eigenvalue weighted by molar-refractivity contribution is 9.10. The number of aliphatic carboxylic acids is 1. The Kier molecular flexibility index (Phi) is 3.87. The first-order chi connectivity index (χ1) is 9.56. The molecule has 1 aliphatic carbocycles. The van der Waals surface area contributed by atoms with Gasteiger partial charge in [-0.3, -0.25) is 9.36 Å². The molecule has 0 amide bonds. The van der Waals surface area contributed by atoms with Crippen LogP contribution in [-0.2, 0) is 4.79 Å². The van der Waals surface area contributed by atoms with Crippen LogP contribution in [0.4, 0.5) is 0 Å². The maximum absolute atomic E-state index is 10.7. The number of hydrogen-bond donors (Lipinski definition) is 1. The number of carbonyl (C=O) groups is 1. The first-order valence-corrected chi connectivity index (χ1v) is 8.72. The highest BCUT2D eigenvalue weighted by Crippen LogP contribution is 2.46. The number of thioether (sulfide) groups is 1. The van der Waals surface area contributed by atoms with E-state index in [2.05, 4.69) is 39.1 Å². The standard InChI is InChI=1S/C12H12BrN3O2S2/c1-6-4-8(20-10(6)7-2-3-7)16-11(13)14-15-12(16)19-5-9(17)18/h4,7H,2-3,5H2,1H3,(H,17,18). The molecule has 0 aliphatic heterocycles. The zero-order valence-electron chi connectivity index (χ0n) is 10.7. The van der Waals surface area contributed by atoms with Gasteiger partial charge in [0.25, 0.3) is 0 Å². The van der Waals surface area contributed by atoms with Crippen molar-refractivity contribution in [3.05, 3.63) is 21.2 Å². The molecule has 20 heavy (non-hydrogen) atoms. The molecule has 0 spiro atoms. The van der Waals surface area contributed by atoms with E-state index in [1.54, 1.807) is 11.3 Å². The van der Waals surface area contributed by atoms with Crippen molar-refractivity contribution in [1.82, 2.24) is 14.8 Å². The second-order valence-electron chi connectivity index (χ2n) is 4.68. The highest BCUT2D eigenvalue weighted by Gasteiger charge is 2.28. The summed E-state index contributed by atoms with van der Waals surface area (Å²) in [4.78, 5) is 12.1. The number of hydrogen-bond acceptors (Lipinski definition) is 5. The van der Waals surface area contributed by atoms with Crippen molar-refractivity contribution in [3.63, 3.8) is 0 Å². The Balaban J connectivity index is 1.94. The van der Waals surface area contributed by atoms with Gasteiger partial charge in [-0.15, -0.1) is 21.5 Å². The Morgan fingerprint density at radius 2 is 2.35 bits per heavy atom. The van der Waals surface area contributed by atoms with Crippen molar-refractivity contribution < 1.29 is 9.90 Å². The average Bonchev–Trinajstić information content (AvgIpc) is 3.06. The molecule has 0 unspecified atom stereocenters. The van der Waals surface area contributed by atoms with Crippen molar-refractivity contribution in [1.29, 1.82) is 0 Å². The summed E-state index contributed by atoms with van der Waals surface area (Å²) in [5.41, 5.74) is 1.29. The number of carboxylic acids is 1. The third-order valence-corrected chi connectivity index (χ3v) is 5.84. The van der Waals surface area contributed by atoms with E-state index in [1.807, 2.05) is 4.57 Å². The fourth-order valence-corrected chi connectivity index (χ4v) is 4.74. The summed E-state index contributed by atoms with van der Waals surface area (Å²) in [6.07, 6.45) is 2.54. The lowest BCUT2D eigenvalue weighted by molar-refractivity contribution is -0.133. The lowest BCUT2D eigenvalue weighted by atomic mass is 10.2. The van der Waals surface area contributed by atoms with Crippen LogP contribution in [0.25, 0.3) is 5.00 Å². The molecule has 1 saturated carbocycles. The Hall–Kier alpha value is -0.860. The summed E-state index contributed by atoms with van der Waals surface area (Å²) in [6.45, 7) is 2.12. The summed E-state index contributed by atoms with van der Waals surface area (Å²) in [6, 6.07) is 2.12. The molecular formula is C12H12BrN3O2S2. The minimum absolute atomic E-state index is 0.0228. The average molecular weight is 374 g/mol. The number of thiophene rings is 1. The van der Waals surface area contributed by atoms with Gasteiger partial charge in [0.05, 0.1) is 5.75 Å². The Morgan fingerprint density at radius 3 is 3.00 bits per heavy atom. The lowest BCUT2D eigenvalue weighted by Gasteiger charge is -2.03. The molecule has 2 heterocycles. The van der Waals surface area contributed by atoms with Gasteiger partial charge in [0.2, 0.25) is 4.73 Å². The molecule has 106 valence electrons. The molecule has 3 rings (SSSR count). The van der Waals surface area contributed by atoms with Gasteiger partial charge >= 0.3 is 5.97 Å². The van der Waals surface area contributed by atoms with Gasteiger partial charge in [-0.2, -0.15) is 0 Å². The van der Waals surface area contributed by atoms with Crippen LogP contribution in [0, 0.1) is 6.92 Å². The second kappa shape index (κ2) is 5.50. The third kappa shape index (κ3) is 2.77. The SMILES string of the molecule is Cc1cc(-n2c(Br)nnc2SCC(=O)O)sc1C1CC1. The largest absolute Gasteiger partial charge is 0.481 e. The van der Waals surface area contributed by atoms with E-state index in [0.717, 1.165) is 5.00 Å². The predicted octanol–water partition coefficient (Wildman–Crippen LogP) is 3.45. The van der Waals surface area contributed by atoms with Crippen LogP contribution < -0.4 is 0 Å². The molecular weight excluding hydrogens is 362 g/mol. The normalized spacial score (nSPS) is 14.7. The second-order valence-corrected chi connectivity index (χ2v) is 7.39. The van der Waals surface area contributed by atoms with Crippen LogP contribution >= 0.6 is 39.0 Å². The Labute approximate surface area is 132 Å². The van der Waals surface area contributed by atoms with E-state index in [1.165, 1.54) is 35.0 Å². The first-order valence-electron chi connectivity index (χ1n) is 6.12. The lowest BCUT2D eigenvalue weighted by Crippen LogP contribution is -2.01. The van der Waals surface area contributed by atoms with Crippen LogP contribution in [0.15, 0.2) is 16.0 Å². The monoisotopic (exact) mass is 373 g/mol. The van der Waals surface area contributed by atoms with Crippen molar-refractivity contribution in [2.75, 3.05) is 5.75 Å². The van der Waals surface area contributed by atoms with Crippen molar-refractivity contribution in [3.8, 4) is 5.00 Å². The molecule has 1 aliphatic rings. The number of aryl methyl sites for hydroxylation is 1. The van der Waals surface area contributed by atoms with E-state index in [-0.39, 0.29) is 5.75 Å². The van der Waals surface area contributed by atoms with Gasteiger partial charge in [0.15, 0.2) is 5.16 Å². The van der Waals surface area contributed by atoms with Crippen LogP contribution in [0.3, 0.4) is 0 Å². The number of nitrogens with zero attached hydrogens (tertiary/aromatic N) is 3. The van der Waals surface area contributed by atoms with E-state index < -0.39 is 5.97 Å². The fourth-order valence-electron chi connectivity index (χ4n) is 2.00. The zero-order chi connectivity index (χ0) is 14.3. The zero-order valence-corrected chi connectivity index (χ0v) is 13.9. The van der Waals surface area contributed by atoms with E-state index in [0.29, 0.717) is 15.8 Å². The molecule has 0 radical (unpaired) electrons. The molecule has 0 saturated heterocycles. The van der Waals surface area contributed by atoms with Crippen molar-refractivity contribution >= 4 is 45.0 Å². The van der Waals surface area contributed by atoms with Gasteiger partial charge in [-0.1, -0.05) is 11.8 Å². The maximum Gasteiger partial charge on any atom is 0.313 e. The molecule has 0 bridgehead atoms. The van der Waals surface area contributed by atoms with Gasteiger partial charge in [0.1, 0.15) is 5.00 Å². The Bertz CT molecular complexity index is 664. The number of halogens is 1. The maximum atomic E-state index is 10.7. The molecule has 0 aromatic carbocycles. The molecule has 1 N–H and O–H groups in total. The predicted molar refractivity (Wildman–Crippen MR) is 82.0 cm³/mol. The Morgan fingerprint density at radius 1 is 1.60 bits per heavy atom. The fraction of sp³-hybridized carbons (Fsp3) is 0.417. The summed E-state index contributed by atoms with van der Waals surface area (Å²) in [5, 5.41) is 18.4. The topological polar surface area (TPSA) is 68.0 Å². The highest BCUT2D eigenvalue weighted by atomic mass is 79.9. The summed E-state index contributed by atoms with van der Waals surface area (Å²) in [5.74, 6) is -0.175. The van der Waals surface area contributed by atoms with Crippen molar-refractivity contribution in [2.24, 2.45) is 0 Å². The van der Waals surface area contributed by atoms with E-state index in [4.69, 9.17) is 5.11 Å². The number of rotatable bonds is 5. The van der Waals surface area contributed by atoms with Gasteiger partial charge in [0, 0.05) is 4.88 Å². The molecule has 1 fully saturated rings. The minimum Gasteiger partial charge on any atom is -0.481 e. The number of aromatic nitrogens is 3. The number of carboxylic acid groups (broad SMARTS) is 1. The van der Waals surface area contributed by atoms with Crippen LogP contribution in [0.1, 0.15) is 29.2 Å². The summed E-state index contributed by atoms with van der Waals surface area (Å²) >= 11 is 6.30. The van der Waals surface area contributed by atoms with Crippen LogP contribution in [0.2, 0.25) is 0 Å². The van der Waals surface area contributed by atoms with Gasteiger partial charge in [-0.05, 0) is 53.2 Å². The van der Waals surface area contributed by atoms with Gasteiger partial charge < -0.3 is 5.11 Å². The van der Waals surface area contributed by atoms with Gasteiger partial charge in [-0.25, -0.2) is 0 Å². The first kappa shape index (κ1) is 14.1. The molecule has 5 nitrogen and oxygen atoms in total. The summed E-state index contributed by atoms with van der Waals surface area (Å²) in [7, 11) is 0. The van der Waals surface area contributed by atoms with Crippen LogP contribution in [0.5, 0.6) is 0 Å².